The van der Waals surface area contributed by atoms with Gasteiger partial charge in [-0.3, -0.25) is 4.79 Å². The van der Waals surface area contributed by atoms with Crippen LogP contribution in [0.2, 0.25) is 0 Å². The predicted octanol–water partition coefficient (Wildman–Crippen LogP) is 4.36. The van der Waals surface area contributed by atoms with E-state index in [1.54, 1.807) is 18.2 Å². The highest BCUT2D eigenvalue weighted by Gasteiger charge is 2.09. The quantitative estimate of drug-likeness (QED) is 0.699. The fourth-order valence-corrected chi connectivity index (χ4v) is 3.42. The highest BCUT2D eigenvalue weighted by atomic mass is 32.1. The lowest BCUT2D eigenvalue weighted by atomic mass is 10.1. The summed E-state index contributed by atoms with van der Waals surface area (Å²) >= 11 is 1.50. The molecule has 0 aliphatic rings. The van der Waals surface area contributed by atoms with Crippen LogP contribution in [0.4, 0.5) is 8.78 Å². The van der Waals surface area contributed by atoms with Gasteiger partial charge in [-0.15, -0.1) is 11.3 Å². The molecule has 1 aromatic heterocycles. The lowest BCUT2D eigenvalue weighted by molar-refractivity contribution is -0.118. The summed E-state index contributed by atoms with van der Waals surface area (Å²) in [6.45, 7) is 1.84. The topological polar surface area (TPSA) is 42.0 Å². The van der Waals surface area contributed by atoms with Crippen LogP contribution in [-0.4, -0.2) is 17.4 Å². The highest BCUT2D eigenvalue weighted by Crippen LogP contribution is 2.25. The Bertz CT molecular complexity index is 906. The zero-order valence-corrected chi connectivity index (χ0v) is 15.1. The number of halogens is 2. The van der Waals surface area contributed by atoms with E-state index in [1.165, 1.54) is 36.5 Å². The van der Waals surface area contributed by atoms with Gasteiger partial charge < -0.3 is 5.32 Å². The molecule has 1 N–H and O–H groups in total. The molecule has 1 amide bonds. The molecule has 0 atom stereocenters. The Morgan fingerprint density at radius 1 is 1.15 bits per heavy atom. The Hall–Kier alpha value is -2.60. The smallest absolute Gasteiger partial charge is 0.216 e. The molecule has 0 fully saturated rings. The van der Waals surface area contributed by atoms with Gasteiger partial charge in [0.1, 0.15) is 11.6 Å². The van der Waals surface area contributed by atoms with Gasteiger partial charge in [-0.05, 0) is 35.7 Å². The SMILES string of the molecule is CC(=O)NCCc1ccc(-c2csc(Cc3ccc(F)cc3)n2)cc1F. The molecule has 0 radical (unpaired) electrons. The first-order valence-corrected chi connectivity index (χ1v) is 9.11. The summed E-state index contributed by atoms with van der Waals surface area (Å²) in [5, 5.41) is 5.44. The second-order valence-corrected chi connectivity index (χ2v) is 6.91. The number of nitrogens with one attached hydrogen (secondary N) is 1. The summed E-state index contributed by atoms with van der Waals surface area (Å²) in [6, 6.07) is 11.4. The van der Waals surface area contributed by atoms with Gasteiger partial charge in [0.05, 0.1) is 10.7 Å². The Morgan fingerprint density at radius 2 is 1.92 bits per heavy atom. The van der Waals surface area contributed by atoms with E-state index in [2.05, 4.69) is 10.3 Å². The average molecular weight is 372 g/mol. The van der Waals surface area contributed by atoms with Crippen molar-refractivity contribution in [2.45, 2.75) is 19.8 Å². The normalized spacial score (nSPS) is 10.7. The monoisotopic (exact) mass is 372 g/mol. The molecule has 0 aliphatic carbocycles. The van der Waals surface area contributed by atoms with Gasteiger partial charge in [-0.1, -0.05) is 24.3 Å². The predicted molar refractivity (Wildman–Crippen MR) is 99.1 cm³/mol. The first-order valence-electron chi connectivity index (χ1n) is 8.23. The molecule has 3 aromatic rings. The van der Waals surface area contributed by atoms with E-state index in [4.69, 9.17) is 0 Å². The number of carbonyl (C=O) groups excluding carboxylic acids is 1. The van der Waals surface area contributed by atoms with E-state index >= 15 is 0 Å². The molecule has 0 unspecified atom stereocenters. The molecule has 0 bridgehead atoms. The third-order valence-electron chi connectivity index (χ3n) is 3.94. The lowest BCUT2D eigenvalue weighted by Gasteiger charge is -2.06. The Morgan fingerprint density at radius 3 is 2.62 bits per heavy atom. The molecule has 0 aliphatic heterocycles. The number of benzene rings is 2. The molecule has 1 heterocycles. The van der Waals surface area contributed by atoms with Crippen molar-refractivity contribution in [2.75, 3.05) is 6.54 Å². The minimum absolute atomic E-state index is 0.127. The van der Waals surface area contributed by atoms with Crippen molar-refractivity contribution in [1.82, 2.24) is 10.3 Å². The van der Waals surface area contributed by atoms with Crippen molar-refractivity contribution >= 4 is 17.2 Å². The second kappa shape index (κ2) is 8.19. The van der Waals surface area contributed by atoms with Crippen LogP contribution in [0.15, 0.2) is 47.8 Å². The van der Waals surface area contributed by atoms with Gasteiger partial charge in [-0.25, -0.2) is 13.8 Å². The maximum absolute atomic E-state index is 14.3. The summed E-state index contributed by atoms with van der Waals surface area (Å²) in [5.74, 6) is -0.693. The van der Waals surface area contributed by atoms with Gasteiger partial charge in [-0.2, -0.15) is 0 Å². The standard InChI is InChI=1S/C20H18F2N2OS/c1-13(25)23-9-8-15-4-5-16(11-18(15)22)19-12-26-20(24-19)10-14-2-6-17(21)7-3-14/h2-7,11-12H,8-10H2,1H3,(H,23,25). The Kier molecular flexibility index (Phi) is 5.73. The van der Waals surface area contributed by atoms with Gasteiger partial charge in [0, 0.05) is 30.8 Å². The van der Waals surface area contributed by atoms with Crippen LogP contribution in [0.3, 0.4) is 0 Å². The first-order chi connectivity index (χ1) is 12.5. The number of hydrogen-bond donors (Lipinski definition) is 1. The van der Waals surface area contributed by atoms with Gasteiger partial charge >= 0.3 is 0 Å². The lowest BCUT2D eigenvalue weighted by Crippen LogP contribution is -2.22. The Labute approximate surface area is 154 Å². The molecule has 6 heteroatoms. The van der Waals surface area contributed by atoms with E-state index in [0.717, 1.165) is 16.3 Å². The van der Waals surface area contributed by atoms with Crippen LogP contribution in [0.5, 0.6) is 0 Å². The Balaban J connectivity index is 1.69. The molecule has 3 rings (SSSR count). The molecular formula is C20H18F2N2OS. The van der Waals surface area contributed by atoms with Gasteiger partial charge in [0.15, 0.2) is 0 Å². The summed E-state index contributed by atoms with van der Waals surface area (Å²) in [7, 11) is 0. The first kappa shape index (κ1) is 18.2. The van der Waals surface area contributed by atoms with Crippen LogP contribution in [0, 0.1) is 11.6 Å². The number of hydrogen-bond acceptors (Lipinski definition) is 3. The molecule has 26 heavy (non-hydrogen) atoms. The molecule has 2 aromatic carbocycles. The molecule has 3 nitrogen and oxygen atoms in total. The fraction of sp³-hybridized carbons (Fsp3) is 0.200. The summed E-state index contributed by atoms with van der Waals surface area (Å²) in [4.78, 5) is 15.4. The van der Waals surface area contributed by atoms with E-state index in [-0.39, 0.29) is 17.5 Å². The van der Waals surface area contributed by atoms with E-state index < -0.39 is 0 Å². The van der Waals surface area contributed by atoms with E-state index in [9.17, 15) is 13.6 Å². The molecular weight excluding hydrogens is 354 g/mol. The highest BCUT2D eigenvalue weighted by molar-refractivity contribution is 7.10. The van der Waals surface area contributed by atoms with Crippen molar-refractivity contribution < 1.29 is 13.6 Å². The zero-order valence-electron chi connectivity index (χ0n) is 14.3. The molecule has 0 saturated carbocycles. The van der Waals surface area contributed by atoms with Crippen molar-refractivity contribution in [3.63, 3.8) is 0 Å². The van der Waals surface area contributed by atoms with Crippen molar-refractivity contribution in [3.8, 4) is 11.3 Å². The van der Waals surface area contributed by atoms with Crippen molar-refractivity contribution in [3.05, 3.63) is 75.6 Å². The molecule has 0 spiro atoms. The zero-order chi connectivity index (χ0) is 18.5. The molecule has 0 saturated heterocycles. The number of nitrogens with zero attached hydrogens (tertiary/aromatic N) is 1. The number of aromatic nitrogens is 1. The van der Waals surface area contributed by atoms with Crippen LogP contribution in [0.1, 0.15) is 23.1 Å². The minimum Gasteiger partial charge on any atom is -0.356 e. The third-order valence-corrected chi connectivity index (χ3v) is 4.79. The van der Waals surface area contributed by atoms with E-state index in [1.807, 2.05) is 11.4 Å². The largest absolute Gasteiger partial charge is 0.356 e. The number of rotatable bonds is 6. The summed E-state index contributed by atoms with van der Waals surface area (Å²) < 4.78 is 27.2. The fourth-order valence-electron chi connectivity index (χ4n) is 2.58. The average Bonchev–Trinajstić information content (AvgIpc) is 3.06. The summed E-state index contributed by atoms with van der Waals surface area (Å²) in [5.41, 5.74) is 2.97. The maximum atomic E-state index is 14.3. The maximum Gasteiger partial charge on any atom is 0.216 e. The van der Waals surface area contributed by atoms with Crippen LogP contribution < -0.4 is 5.32 Å². The van der Waals surface area contributed by atoms with Crippen LogP contribution in [-0.2, 0) is 17.6 Å². The van der Waals surface area contributed by atoms with Crippen LogP contribution >= 0.6 is 11.3 Å². The van der Waals surface area contributed by atoms with Gasteiger partial charge in [0.25, 0.3) is 0 Å². The third kappa shape index (κ3) is 4.73. The van der Waals surface area contributed by atoms with Crippen molar-refractivity contribution in [2.24, 2.45) is 0 Å². The van der Waals surface area contributed by atoms with Crippen LogP contribution in [0.25, 0.3) is 11.3 Å². The second-order valence-electron chi connectivity index (χ2n) is 5.97. The number of carbonyl (C=O) groups is 1. The van der Waals surface area contributed by atoms with Crippen molar-refractivity contribution in [1.29, 1.82) is 0 Å². The molecule has 134 valence electrons. The van der Waals surface area contributed by atoms with E-state index in [0.29, 0.717) is 30.5 Å². The number of amides is 1. The van der Waals surface area contributed by atoms with Gasteiger partial charge in [0.2, 0.25) is 5.91 Å². The number of thiazole rings is 1. The summed E-state index contributed by atoms with van der Waals surface area (Å²) in [6.07, 6.45) is 1.06. The minimum atomic E-state index is -0.305.